The second-order valence-electron chi connectivity index (χ2n) is 8.37. The van der Waals surface area contributed by atoms with Crippen LogP contribution < -0.4 is 20.9 Å². The minimum atomic E-state index is -3.87. The molecule has 0 atom stereocenters. The normalized spacial score (nSPS) is 11.6. The molecule has 2 aromatic heterocycles. The van der Waals surface area contributed by atoms with Crippen molar-refractivity contribution in [3.63, 3.8) is 0 Å². The van der Waals surface area contributed by atoms with Crippen molar-refractivity contribution in [2.24, 2.45) is 5.14 Å². The first-order valence-electron chi connectivity index (χ1n) is 11.4. The lowest BCUT2D eigenvalue weighted by atomic mass is 10.1. The number of nitrogens with zero attached hydrogens (tertiary/aromatic N) is 3. The average Bonchev–Trinajstić information content (AvgIpc) is 3.17. The Kier molecular flexibility index (Phi) is 6.24. The molecule has 0 radical (unpaired) electrons. The number of methoxy groups -OCH3 is 1. The molecule has 2 heterocycles. The van der Waals surface area contributed by atoms with E-state index in [9.17, 15) is 13.2 Å². The molecule has 0 unspecified atom stereocenters. The first-order chi connectivity index (χ1) is 17.8. The van der Waals surface area contributed by atoms with Gasteiger partial charge in [-0.2, -0.15) is 0 Å². The third-order valence-electron chi connectivity index (χ3n) is 6.01. The molecule has 0 saturated heterocycles. The molecule has 3 aromatic carbocycles. The van der Waals surface area contributed by atoms with Gasteiger partial charge in [-0.3, -0.25) is 9.36 Å². The van der Waals surface area contributed by atoms with Crippen molar-refractivity contribution >= 4 is 43.9 Å². The number of aromatic nitrogens is 3. The van der Waals surface area contributed by atoms with E-state index in [1.165, 1.54) is 12.1 Å². The van der Waals surface area contributed by atoms with Crippen LogP contribution in [0, 0.1) is 0 Å². The average molecular weight is 517 g/mol. The van der Waals surface area contributed by atoms with Crippen molar-refractivity contribution < 1.29 is 17.9 Å². The number of fused-ring (bicyclic) bond motifs is 2. The maximum Gasteiger partial charge on any atom is 0.257 e. The van der Waals surface area contributed by atoms with Gasteiger partial charge in [-0.1, -0.05) is 24.3 Å². The molecular formula is C26H24N6O4S. The summed E-state index contributed by atoms with van der Waals surface area (Å²) in [5.74, 6) is 0.507. The third-order valence-corrected chi connectivity index (χ3v) is 6.94. The number of nitrogens with two attached hydrogens (primary N) is 2. The minimum Gasteiger partial charge on any atom is -0.497 e. The van der Waals surface area contributed by atoms with Crippen LogP contribution in [-0.4, -0.2) is 42.5 Å². The number of sulfonamides is 1. The smallest absolute Gasteiger partial charge is 0.257 e. The van der Waals surface area contributed by atoms with Gasteiger partial charge < -0.3 is 15.8 Å². The number of carbonyl (C=O) groups is 1. The first kappa shape index (κ1) is 24.2. The van der Waals surface area contributed by atoms with Crippen molar-refractivity contribution in [2.75, 3.05) is 19.4 Å². The third kappa shape index (κ3) is 4.69. The van der Waals surface area contributed by atoms with Gasteiger partial charge in [0.1, 0.15) is 22.6 Å². The van der Waals surface area contributed by atoms with Crippen LogP contribution in [0.5, 0.6) is 5.75 Å². The molecule has 0 spiro atoms. The van der Waals surface area contributed by atoms with Crippen LogP contribution in [-0.2, 0) is 16.4 Å². The van der Waals surface area contributed by atoms with E-state index in [1.54, 1.807) is 23.8 Å². The molecule has 0 aliphatic heterocycles. The summed E-state index contributed by atoms with van der Waals surface area (Å²) in [4.78, 5) is 22.7. The Morgan fingerprint density at radius 1 is 0.973 bits per heavy atom. The number of anilines is 1. The van der Waals surface area contributed by atoms with Gasteiger partial charge in [-0.15, -0.1) is 0 Å². The summed E-state index contributed by atoms with van der Waals surface area (Å²) in [5, 5.41) is 8.16. The van der Waals surface area contributed by atoms with Gasteiger partial charge in [0.25, 0.3) is 5.91 Å². The predicted molar refractivity (Wildman–Crippen MR) is 141 cm³/mol. The molecule has 0 aliphatic carbocycles. The van der Waals surface area contributed by atoms with Crippen molar-refractivity contribution in [1.82, 2.24) is 19.9 Å². The molecule has 37 heavy (non-hydrogen) atoms. The summed E-state index contributed by atoms with van der Waals surface area (Å²) in [5.41, 5.74) is 10.2. The Hall–Kier alpha value is -4.48. The van der Waals surface area contributed by atoms with E-state index in [2.05, 4.69) is 5.32 Å². The van der Waals surface area contributed by atoms with Gasteiger partial charge in [-0.25, -0.2) is 23.5 Å². The van der Waals surface area contributed by atoms with E-state index < -0.39 is 10.0 Å². The standard InChI is InChI=1S/C26H24N6O4S/c1-36-18-10-6-16(7-11-18)14-15-29-26(33)22-23-25(31-21-5-3-2-4-20(21)30-23)32(24(22)27)17-8-12-19(13-9-17)37(28,34)35/h2-13H,14-15,27H2,1H3,(H,29,33)(H2,28,34,35). The Morgan fingerprint density at radius 3 is 2.24 bits per heavy atom. The number of nitrogens with one attached hydrogen (secondary N) is 1. The van der Waals surface area contributed by atoms with E-state index >= 15 is 0 Å². The lowest BCUT2D eigenvalue weighted by Gasteiger charge is -2.09. The summed E-state index contributed by atoms with van der Waals surface area (Å²) in [6.07, 6.45) is 0.609. The number of benzene rings is 3. The summed E-state index contributed by atoms with van der Waals surface area (Å²) < 4.78 is 30.2. The largest absolute Gasteiger partial charge is 0.497 e. The summed E-state index contributed by atoms with van der Waals surface area (Å²) in [6, 6.07) is 20.8. The predicted octanol–water partition coefficient (Wildman–Crippen LogP) is 2.78. The molecule has 188 valence electrons. The fourth-order valence-electron chi connectivity index (χ4n) is 4.13. The SMILES string of the molecule is COc1ccc(CCNC(=O)c2c(N)n(-c3ccc(S(N)(=O)=O)cc3)c3nc4ccccc4nc23)cc1. The lowest BCUT2D eigenvalue weighted by molar-refractivity contribution is 0.0956. The Balaban J connectivity index is 1.54. The fourth-order valence-corrected chi connectivity index (χ4v) is 4.65. The van der Waals surface area contributed by atoms with Crippen molar-refractivity contribution in [1.29, 1.82) is 0 Å². The Bertz CT molecular complexity index is 1730. The highest BCUT2D eigenvalue weighted by Crippen LogP contribution is 2.31. The van der Waals surface area contributed by atoms with E-state index in [4.69, 9.17) is 25.6 Å². The zero-order valence-electron chi connectivity index (χ0n) is 19.9. The summed E-state index contributed by atoms with van der Waals surface area (Å²) in [6.45, 7) is 0.376. The molecule has 0 fully saturated rings. The fraction of sp³-hybridized carbons (Fsp3) is 0.115. The number of hydrogen-bond donors (Lipinski definition) is 3. The first-order valence-corrected chi connectivity index (χ1v) is 12.9. The van der Waals surface area contributed by atoms with Gasteiger partial charge in [0.2, 0.25) is 10.0 Å². The molecule has 5 N–H and O–H groups in total. The Morgan fingerprint density at radius 2 is 1.62 bits per heavy atom. The molecule has 0 saturated carbocycles. The number of primary sulfonamides is 1. The van der Waals surface area contributed by atoms with Gasteiger partial charge >= 0.3 is 0 Å². The van der Waals surface area contributed by atoms with Crippen LogP contribution in [0.3, 0.4) is 0 Å². The van der Waals surface area contributed by atoms with Gasteiger partial charge in [-0.05, 0) is 60.5 Å². The van der Waals surface area contributed by atoms with Crippen LogP contribution in [0.1, 0.15) is 15.9 Å². The zero-order chi connectivity index (χ0) is 26.2. The van der Waals surface area contributed by atoms with Crippen molar-refractivity contribution in [3.05, 3.63) is 83.9 Å². The van der Waals surface area contributed by atoms with Gasteiger partial charge in [0.15, 0.2) is 5.65 Å². The molecule has 11 heteroatoms. The van der Waals surface area contributed by atoms with E-state index in [1.807, 2.05) is 48.5 Å². The second-order valence-corrected chi connectivity index (χ2v) is 9.93. The lowest BCUT2D eigenvalue weighted by Crippen LogP contribution is -2.26. The van der Waals surface area contributed by atoms with Crippen LogP contribution >= 0.6 is 0 Å². The number of nitrogen functional groups attached to an aromatic ring is 1. The quantitative estimate of drug-likeness (QED) is 0.300. The van der Waals surface area contributed by atoms with Crippen LogP contribution in [0.2, 0.25) is 0 Å². The molecule has 10 nitrogen and oxygen atoms in total. The van der Waals surface area contributed by atoms with Crippen molar-refractivity contribution in [2.45, 2.75) is 11.3 Å². The summed E-state index contributed by atoms with van der Waals surface area (Å²) >= 11 is 0. The highest BCUT2D eigenvalue weighted by molar-refractivity contribution is 7.89. The number of amides is 1. The maximum absolute atomic E-state index is 13.3. The number of para-hydroxylation sites is 2. The van der Waals surface area contributed by atoms with Gasteiger partial charge in [0.05, 0.1) is 23.0 Å². The van der Waals surface area contributed by atoms with E-state index in [0.717, 1.165) is 11.3 Å². The number of hydrogen-bond acceptors (Lipinski definition) is 7. The number of ether oxygens (including phenoxy) is 1. The van der Waals surface area contributed by atoms with E-state index in [-0.39, 0.29) is 22.2 Å². The maximum atomic E-state index is 13.3. The molecule has 5 rings (SSSR count). The summed E-state index contributed by atoms with van der Waals surface area (Å²) in [7, 11) is -2.26. The highest BCUT2D eigenvalue weighted by Gasteiger charge is 2.25. The van der Waals surface area contributed by atoms with Crippen LogP contribution in [0.25, 0.3) is 27.9 Å². The van der Waals surface area contributed by atoms with Crippen LogP contribution in [0.15, 0.2) is 77.7 Å². The van der Waals surface area contributed by atoms with Gasteiger partial charge in [0, 0.05) is 12.2 Å². The molecule has 1 amide bonds. The topological polar surface area (TPSA) is 155 Å². The zero-order valence-corrected chi connectivity index (χ0v) is 20.7. The molecular weight excluding hydrogens is 492 g/mol. The highest BCUT2D eigenvalue weighted by atomic mass is 32.2. The number of rotatable bonds is 7. The monoisotopic (exact) mass is 516 g/mol. The molecule has 0 aliphatic rings. The Labute approximate surface area is 212 Å². The van der Waals surface area contributed by atoms with Crippen LogP contribution in [0.4, 0.5) is 5.82 Å². The number of carbonyl (C=O) groups excluding carboxylic acids is 1. The molecule has 0 bridgehead atoms. The van der Waals surface area contributed by atoms with Crippen molar-refractivity contribution in [3.8, 4) is 11.4 Å². The molecule has 5 aromatic rings. The minimum absolute atomic E-state index is 0.0423. The van der Waals surface area contributed by atoms with E-state index in [0.29, 0.717) is 40.9 Å². The second kappa shape index (κ2) is 9.52.